The summed E-state index contributed by atoms with van der Waals surface area (Å²) >= 11 is 0. The smallest absolute Gasteiger partial charge is 0.251 e. The van der Waals surface area contributed by atoms with Crippen molar-refractivity contribution in [2.75, 3.05) is 13.1 Å². The van der Waals surface area contributed by atoms with E-state index >= 15 is 0 Å². The van der Waals surface area contributed by atoms with Crippen molar-refractivity contribution in [3.8, 4) is 22.3 Å². The molecule has 3 aromatic carbocycles. The van der Waals surface area contributed by atoms with E-state index < -0.39 is 0 Å². The van der Waals surface area contributed by atoms with Crippen LogP contribution in [-0.2, 0) is 0 Å². The van der Waals surface area contributed by atoms with Crippen LogP contribution >= 0.6 is 0 Å². The van der Waals surface area contributed by atoms with Crippen LogP contribution < -0.4 is 16.4 Å². The Hall–Kier alpha value is -3.09. The van der Waals surface area contributed by atoms with E-state index in [4.69, 9.17) is 5.73 Å². The molecule has 1 amide bonds. The van der Waals surface area contributed by atoms with E-state index in [2.05, 4.69) is 10.6 Å². The number of hydrogen-bond donors (Lipinski definition) is 3. The van der Waals surface area contributed by atoms with Crippen molar-refractivity contribution in [2.45, 2.75) is 18.5 Å². The summed E-state index contributed by atoms with van der Waals surface area (Å²) < 4.78 is 26.7. The van der Waals surface area contributed by atoms with Gasteiger partial charge in [-0.3, -0.25) is 4.79 Å². The van der Waals surface area contributed by atoms with Gasteiger partial charge in [0.15, 0.2) is 0 Å². The highest BCUT2D eigenvalue weighted by atomic mass is 19.1. The third kappa shape index (κ3) is 4.72. The summed E-state index contributed by atoms with van der Waals surface area (Å²) in [5, 5.41) is 6.25. The van der Waals surface area contributed by atoms with Crippen molar-refractivity contribution in [1.29, 1.82) is 0 Å². The predicted molar refractivity (Wildman–Crippen MR) is 114 cm³/mol. The molecule has 30 heavy (non-hydrogen) atoms. The number of rotatable bonds is 5. The molecule has 2 atom stereocenters. The quantitative estimate of drug-likeness (QED) is 0.604. The number of hydrogen-bond acceptors (Lipinski definition) is 3. The number of benzene rings is 3. The molecule has 1 saturated heterocycles. The van der Waals surface area contributed by atoms with Gasteiger partial charge in [-0.25, -0.2) is 8.78 Å². The van der Waals surface area contributed by atoms with E-state index in [-0.39, 0.29) is 29.6 Å². The molecular weight excluding hydrogens is 384 g/mol. The largest absolute Gasteiger partial charge is 0.350 e. The van der Waals surface area contributed by atoms with E-state index in [1.807, 2.05) is 6.07 Å². The summed E-state index contributed by atoms with van der Waals surface area (Å²) in [5.74, 6) is -0.855. The first-order chi connectivity index (χ1) is 14.5. The second kappa shape index (κ2) is 8.73. The van der Waals surface area contributed by atoms with E-state index in [1.165, 1.54) is 24.3 Å². The van der Waals surface area contributed by atoms with Crippen molar-refractivity contribution < 1.29 is 13.6 Å². The third-order valence-corrected chi connectivity index (χ3v) is 5.32. The van der Waals surface area contributed by atoms with Gasteiger partial charge in [0.25, 0.3) is 5.91 Å². The molecule has 0 radical (unpaired) electrons. The fraction of sp³-hybridized carbons (Fsp3) is 0.208. The van der Waals surface area contributed by atoms with Crippen LogP contribution in [0, 0.1) is 11.6 Å². The number of halogens is 2. The summed E-state index contributed by atoms with van der Waals surface area (Å²) in [5.41, 5.74) is 9.53. The second-order valence-corrected chi connectivity index (χ2v) is 7.62. The molecule has 0 bridgehead atoms. The molecule has 4 rings (SSSR count). The molecule has 6 heteroatoms. The van der Waals surface area contributed by atoms with E-state index in [0.717, 1.165) is 35.2 Å². The summed E-state index contributed by atoms with van der Waals surface area (Å²) in [6, 6.07) is 18.0. The van der Waals surface area contributed by atoms with Gasteiger partial charge in [0.1, 0.15) is 11.6 Å². The second-order valence-electron chi connectivity index (χ2n) is 7.62. The lowest BCUT2D eigenvalue weighted by Gasteiger charge is -2.14. The zero-order valence-electron chi connectivity index (χ0n) is 16.4. The van der Waals surface area contributed by atoms with Crippen LogP contribution in [0.15, 0.2) is 66.7 Å². The Labute approximate surface area is 174 Å². The van der Waals surface area contributed by atoms with Crippen molar-refractivity contribution >= 4 is 5.91 Å². The van der Waals surface area contributed by atoms with E-state index in [1.54, 1.807) is 36.4 Å². The number of carbonyl (C=O) groups excluding carboxylic acids is 1. The first-order valence-electron chi connectivity index (χ1n) is 9.92. The van der Waals surface area contributed by atoms with Gasteiger partial charge >= 0.3 is 0 Å². The van der Waals surface area contributed by atoms with Gasteiger partial charge in [-0.2, -0.15) is 0 Å². The van der Waals surface area contributed by atoms with E-state index in [9.17, 15) is 13.6 Å². The molecule has 3 aromatic rings. The maximum absolute atomic E-state index is 13.4. The van der Waals surface area contributed by atoms with Crippen molar-refractivity contribution in [2.24, 2.45) is 5.73 Å². The Balaban J connectivity index is 1.65. The molecule has 1 heterocycles. The van der Waals surface area contributed by atoms with Crippen LogP contribution in [0.3, 0.4) is 0 Å². The predicted octanol–water partition coefficient (Wildman–Crippen LogP) is 3.72. The normalized spacial score (nSPS) is 18.4. The monoisotopic (exact) mass is 407 g/mol. The average molecular weight is 407 g/mol. The Morgan fingerprint density at radius 3 is 1.90 bits per heavy atom. The zero-order valence-corrected chi connectivity index (χ0v) is 16.4. The molecule has 1 aliphatic heterocycles. The molecule has 4 nitrogen and oxygen atoms in total. The molecule has 0 spiro atoms. The van der Waals surface area contributed by atoms with Crippen LogP contribution in [0.2, 0.25) is 0 Å². The van der Waals surface area contributed by atoms with Crippen LogP contribution in [0.5, 0.6) is 0 Å². The van der Waals surface area contributed by atoms with Gasteiger partial charge in [0, 0.05) is 30.7 Å². The number of nitrogens with two attached hydrogens (primary N) is 1. The highest BCUT2D eigenvalue weighted by molar-refractivity contribution is 5.97. The number of carbonyl (C=O) groups is 1. The van der Waals surface area contributed by atoms with Gasteiger partial charge in [0.05, 0.1) is 0 Å². The summed E-state index contributed by atoms with van der Waals surface area (Å²) in [4.78, 5) is 12.9. The fourth-order valence-electron chi connectivity index (χ4n) is 3.70. The lowest BCUT2D eigenvalue weighted by Crippen LogP contribution is -2.37. The van der Waals surface area contributed by atoms with Crippen molar-refractivity contribution in [3.05, 3.63) is 83.9 Å². The minimum atomic E-state index is -0.325. The molecule has 1 fully saturated rings. The maximum Gasteiger partial charge on any atom is 0.251 e. The number of amides is 1. The Bertz CT molecular complexity index is 972. The highest BCUT2D eigenvalue weighted by Gasteiger charge is 2.21. The summed E-state index contributed by atoms with van der Waals surface area (Å²) in [7, 11) is 0. The van der Waals surface area contributed by atoms with Gasteiger partial charge in [-0.05, 0) is 71.1 Å². The maximum atomic E-state index is 13.4. The van der Waals surface area contributed by atoms with Crippen LogP contribution in [0.25, 0.3) is 22.3 Å². The van der Waals surface area contributed by atoms with Crippen molar-refractivity contribution in [1.82, 2.24) is 10.6 Å². The minimum absolute atomic E-state index is 0.110. The molecule has 1 aliphatic rings. The van der Waals surface area contributed by atoms with Crippen LogP contribution in [0.1, 0.15) is 16.8 Å². The van der Waals surface area contributed by atoms with E-state index in [0.29, 0.717) is 12.1 Å². The van der Waals surface area contributed by atoms with Gasteiger partial charge in [-0.1, -0.05) is 24.3 Å². The minimum Gasteiger partial charge on any atom is -0.350 e. The highest BCUT2D eigenvalue weighted by Crippen LogP contribution is 2.29. The third-order valence-electron chi connectivity index (χ3n) is 5.32. The summed E-state index contributed by atoms with van der Waals surface area (Å²) in [6.45, 7) is 1.23. The first kappa shape index (κ1) is 20.2. The number of nitrogens with one attached hydrogen (secondary N) is 2. The zero-order chi connectivity index (χ0) is 21.1. The first-order valence-corrected chi connectivity index (χ1v) is 9.92. The van der Waals surface area contributed by atoms with Gasteiger partial charge in [0.2, 0.25) is 0 Å². The Kier molecular flexibility index (Phi) is 5.88. The average Bonchev–Trinajstić information content (AvgIpc) is 3.18. The van der Waals surface area contributed by atoms with Crippen molar-refractivity contribution in [3.63, 3.8) is 0 Å². The molecule has 0 saturated carbocycles. The Morgan fingerprint density at radius 1 is 0.900 bits per heavy atom. The Morgan fingerprint density at radius 2 is 1.43 bits per heavy atom. The molecule has 0 aromatic heterocycles. The van der Waals surface area contributed by atoms with Crippen LogP contribution in [-0.4, -0.2) is 31.1 Å². The molecule has 0 unspecified atom stereocenters. The molecule has 154 valence electrons. The molecule has 0 aliphatic carbocycles. The molecular formula is C24H23F2N3O. The lowest BCUT2D eigenvalue weighted by molar-refractivity contribution is 0.0950. The molecule has 4 N–H and O–H groups in total. The van der Waals surface area contributed by atoms with Gasteiger partial charge < -0.3 is 16.4 Å². The van der Waals surface area contributed by atoms with Crippen LogP contribution in [0.4, 0.5) is 8.78 Å². The summed E-state index contributed by atoms with van der Waals surface area (Å²) in [6.07, 6.45) is 0.816. The fourth-order valence-corrected chi connectivity index (χ4v) is 3.70. The SMILES string of the molecule is N[C@@H]1CN[C@H](CNC(=O)c2cc(-c3ccc(F)cc3)cc(-c3ccc(F)cc3)c2)C1. The lowest BCUT2D eigenvalue weighted by atomic mass is 9.95. The van der Waals surface area contributed by atoms with Gasteiger partial charge in [-0.15, -0.1) is 0 Å². The standard InChI is InChI=1S/C24H23F2N3O/c25-20-5-1-15(2-6-20)17-9-18(16-3-7-21(26)8-4-16)11-19(10-17)24(30)29-14-23-12-22(27)13-28-23/h1-11,22-23,28H,12-14,27H2,(H,29,30)/t22-,23-/m0/s1. The topological polar surface area (TPSA) is 67.2 Å².